The molecule has 106 valence electrons. The van der Waals surface area contributed by atoms with Crippen LogP contribution in [0.15, 0.2) is 24.3 Å². The molecule has 0 aliphatic carbocycles. The molecule has 0 aromatic heterocycles. The van der Waals surface area contributed by atoms with E-state index in [1.807, 2.05) is 6.92 Å². The molecule has 1 aromatic carbocycles. The molecule has 0 saturated heterocycles. The van der Waals surface area contributed by atoms with Crippen molar-refractivity contribution in [1.29, 1.82) is 0 Å². The number of methoxy groups -OCH3 is 1. The van der Waals surface area contributed by atoms with Crippen molar-refractivity contribution in [2.24, 2.45) is 5.73 Å². The fourth-order valence-electron chi connectivity index (χ4n) is 1.62. The Morgan fingerprint density at radius 3 is 2.89 bits per heavy atom. The molecule has 5 nitrogen and oxygen atoms in total. The van der Waals surface area contributed by atoms with Crippen LogP contribution in [0.3, 0.4) is 0 Å². The summed E-state index contributed by atoms with van der Waals surface area (Å²) < 4.78 is 5.08. The Morgan fingerprint density at radius 1 is 1.53 bits per heavy atom. The van der Waals surface area contributed by atoms with E-state index in [1.54, 1.807) is 31.4 Å². The number of aliphatic hydroxyl groups is 1. The fourth-order valence-corrected chi connectivity index (χ4v) is 1.62. The number of nitrogens with one attached hydrogen (secondary N) is 1. The highest BCUT2D eigenvalue weighted by Crippen LogP contribution is 2.18. The van der Waals surface area contributed by atoms with Crippen molar-refractivity contribution in [3.63, 3.8) is 0 Å². The smallest absolute Gasteiger partial charge is 0.220 e. The second kappa shape index (κ2) is 7.76. The van der Waals surface area contributed by atoms with Crippen LogP contribution in [0, 0.1) is 0 Å². The first-order chi connectivity index (χ1) is 9.02. The summed E-state index contributed by atoms with van der Waals surface area (Å²) in [5, 5.41) is 12.7. The highest BCUT2D eigenvalue weighted by atomic mass is 16.5. The largest absolute Gasteiger partial charge is 0.497 e. The normalized spacial score (nSPS) is 13.7. The van der Waals surface area contributed by atoms with Gasteiger partial charge in [0.25, 0.3) is 0 Å². The molecule has 0 fully saturated rings. The van der Waals surface area contributed by atoms with Crippen LogP contribution in [-0.4, -0.2) is 30.7 Å². The molecule has 0 radical (unpaired) electrons. The lowest BCUT2D eigenvalue weighted by Crippen LogP contribution is -2.29. The molecule has 19 heavy (non-hydrogen) atoms. The van der Waals surface area contributed by atoms with Crippen molar-refractivity contribution in [3.05, 3.63) is 29.8 Å². The summed E-state index contributed by atoms with van der Waals surface area (Å²) in [6.07, 6.45) is 0.276. The topological polar surface area (TPSA) is 84.6 Å². The molecule has 1 rings (SSSR count). The Kier molecular flexibility index (Phi) is 6.32. The van der Waals surface area contributed by atoms with E-state index in [-0.39, 0.29) is 18.5 Å². The molecule has 4 N–H and O–H groups in total. The molecule has 0 heterocycles. The Hall–Kier alpha value is -1.59. The van der Waals surface area contributed by atoms with Crippen LogP contribution in [0.2, 0.25) is 0 Å². The molecule has 0 aliphatic rings. The zero-order valence-corrected chi connectivity index (χ0v) is 11.4. The Bertz CT molecular complexity index is 407. The van der Waals surface area contributed by atoms with Gasteiger partial charge in [-0.2, -0.15) is 0 Å². The van der Waals surface area contributed by atoms with Crippen LogP contribution >= 0.6 is 0 Å². The van der Waals surface area contributed by atoms with Gasteiger partial charge in [0.15, 0.2) is 0 Å². The average molecular weight is 266 g/mol. The minimum absolute atomic E-state index is 0.00839. The summed E-state index contributed by atoms with van der Waals surface area (Å²) in [6, 6.07) is 7.15. The maximum atomic E-state index is 11.5. The first-order valence-corrected chi connectivity index (χ1v) is 6.37. The lowest BCUT2D eigenvalue weighted by atomic mass is 10.1. The monoisotopic (exact) mass is 266 g/mol. The van der Waals surface area contributed by atoms with E-state index in [9.17, 15) is 9.90 Å². The second-order valence-electron chi connectivity index (χ2n) is 4.61. The number of hydrogen-bond donors (Lipinski definition) is 3. The Morgan fingerprint density at radius 2 is 2.26 bits per heavy atom. The summed E-state index contributed by atoms with van der Waals surface area (Å²) in [6.45, 7) is 2.04. The van der Waals surface area contributed by atoms with Gasteiger partial charge in [-0.3, -0.25) is 4.79 Å². The van der Waals surface area contributed by atoms with E-state index in [0.717, 1.165) is 0 Å². The maximum absolute atomic E-state index is 11.5. The number of carbonyl (C=O) groups excluding carboxylic acids is 1. The molecule has 0 spiro atoms. The second-order valence-corrected chi connectivity index (χ2v) is 4.61. The predicted molar refractivity (Wildman–Crippen MR) is 73.8 cm³/mol. The Balaban J connectivity index is 2.41. The predicted octanol–water partition coefficient (Wildman–Crippen LogP) is 0.972. The number of amides is 1. The van der Waals surface area contributed by atoms with Gasteiger partial charge in [-0.25, -0.2) is 0 Å². The maximum Gasteiger partial charge on any atom is 0.220 e. The number of ether oxygens (including phenoxy) is 1. The molecular formula is C14H22N2O3. The van der Waals surface area contributed by atoms with Crippen LogP contribution in [-0.2, 0) is 4.79 Å². The van der Waals surface area contributed by atoms with Crippen LogP contribution in [0.5, 0.6) is 5.75 Å². The van der Waals surface area contributed by atoms with Gasteiger partial charge in [-0.1, -0.05) is 12.1 Å². The minimum atomic E-state index is -0.741. The summed E-state index contributed by atoms with van der Waals surface area (Å²) in [5.41, 5.74) is 6.29. The van der Waals surface area contributed by atoms with E-state index >= 15 is 0 Å². The van der Waals surface area contributed by atoms with E-state index in [4.69, 9.17) is 10.5 Å². The fraction of sp³-hybridized carbons (Fsp3) is 0.500. The third-order valence-electron chi connectivity index (χ3n) is 2.80. The summed E-state index contributed by atoms with van der Waals surface area (Å²) in [5.74, 6) is 0.582. The lowest BCUT2D eigenvalue weighted by molar-refractivity contribution is -0.121. The van der Waals surface area contributed by atoms with Crippen molar-refractivity contribution in [1.82, 2.24) is 5.32 Å². The van der Waals surface area contributed by atoms with Crippen molar-refractivity contribution in [2.75, 3.05) is 13.7 Å². The van der Waals surface area contributed by atoms with Gasteiger partial charge in [0.05, 0.1) is 13.2 Å². The highest BCUT2D eigenvalue weighted by Gasteiger charge is 2.10. The number of benzene rings is 1. The summed E-state index contributed by atoms with van der Waals surface area (Å²) in [4.78, 5) is 11.5. The molecule has 2 atom stereocenters. The summed E-state index contributed by atoms with van der Waals surface area (Å²) in [7, 11) is 1.57. The zero-order valence-electron chi connectivity index (χ0n) is 11.4. The zero-order chi connectivity index (χ0) is 14.3. The summed E-state index contributed by atoms with van der Waals surface area (Å²) >= 11 is 0. The third kappa shape index (κ3) is 5.72. The molecule has 1 amide bonds. The van der Waals surface area contributed by atoms with Gasteiger partial charge in [-0.15, -0.1) is 0 Å². The van der Waals surface area contributed by atoms with Gasteiger partial charge in [-0.05, 0) is 31.0 Å². The average Bonchev–Trinajstić information content (AvgIpc) is 2.42. The molecule has 0 aliphatic heterocycles. The molecule has 1 aromatic rings. The van der Waals surface area contributed by atoms with E-state index in [2.05, 4.69) is 5.32 Å². The quantitative estimate of drug-likeness (QED) is 0.686. The third-order valence-corrected chi connectivity index (χ3v) is 2.80. The van der Waals surface area contributed by atoms with Crippen molar-refractivity contribution >= 4 is 5.91 Å². The van der Waals surface area contributed by atoms with Crippen LogP contribution in [0.4, 0.5) is 0 Å². The van der Waals surface area contributed by atoms with Crippen LogP contribution < -0.4 is 15.8 Å². The number of carbonyl (C=O) groups is 1. The van der Waals surface area contributed by atoms with E-state index < -0.39 is 6.10 Å². The van der Waals surface area contributed by atoms with Gasteiger partial charge in [0.2, 0.25) is 5.91 Å². The Labute approximate surface area is 113 Å². The lowest BCUT2D eigenvalue weighted by Gasteiger charge is -2.13. The van der Waals surface area contributed by atoms with Crippen molar-refractivity contribution in [3.8, 4) is 5.75 Å². The number of hydrogen-bond acceptors (Lipinski definition) is 4. The molecule has 5 heteroatoms. The van der Waals surface area contributed by atoms with Gasteiger partial charge in [0.1, 0.15) is 5.75 Å². The minimum Gasteiger partial charge on any atom is -0.497 e. The van der Waals surface area contributed by atoms with Crippen LogP contribution in [0.1, 0.15) is 31.4 Å². The number of nitrogens with two attached hydrogens (primary N) is 1. The van der Waals surface area contributed by atoms with E-state index in [0.29, 0.717) is 24.2 Å². The van der Waals surface area contributed by atoms with Gasteiger partial charge >= 0.3 is 0 Å². The molecule has 0 bridgehead atoms. The van der Waals surface area contributed by atoms with E-state index in [1.165, 1.54) is 0 Å². The first-order valence-electron chi connectivity index (χ1n) is 6.37. The van der Waals surface area contributed by atoms with Crippen LogP contribution in [0.25, 0.3) is 0 Å². The number of aliphatic hydroxyl groups excluding tert-OH is 1. The van der Waals surface area contributed by atoms with Crippen molar-refractivity contribution < 1.29 is 14.6 Å². The highest BCUT2D eigenvalue weighted by molar-refractivity contribution is 5.75. The van der Waals surface area contributed by atoms with Gasteiger partial charge < -0.3 is 20.9 Å². The molecule has 2 unspecified atom stereocenters. The van der Waals surface area contributed by atoms with Gasteiger partial charge in [0, 0.05) is 19.0 Å². The standard InChI is InChI=1S/C14H22N2O3/c1-10(15)6-7-14(18)16-9-13(17)11-4-3-5-12(8-11)19-2/h3-5,8,10,13,17H,6-7,9,15H2,1-2H3,(H,16,18). The van der Waals surface area contributed by atoms with Crippen molar-refractivity contribution in [2.45, 2.75) is 31.9 Å². The molecular weight excluding hydrogens is 244 g/mol. The SMILES string of the molecule is COc1cccc(C(O)CNC(=O)CCC(C)N)c1. The number of rotatable bonds is 7. The first kappa shape index (κ1) is 15.5. The molecule has 0 saturated carbocycles.